The van der Waals surface area contributed by atoms with E-state index in [-0.39, 0.29) is 6.10 Å². The zero-order valence-corrected chi connectivity index (χ0v) is 16.8. The molecule has 0 aliphatic carbocycles. The van der Waals surface area contributed by atoms with Crippen molar-refractivity contribution >= 4 is 15.8 Å². The van der Waals surface area contributed by atoms with Gasteiger partial charge in [-0.05, 0) is 43.2 Å². The summed E-state index contributed by atoms with van der Waals surface area (Å²) in [6.07, 6.45) is 1.97. The summed E-state index contributed by atoms with van der Waals surface area (Å²) in [7, 11) is -1.43. The highest BCUT2D eigenvalue weighted by Gasteiger charge is 2.07. The van der Waals surface area contributed by atoms with Crippen LogP contribution >= 0.6 is 0 Å². The molecule has 0 aromatic heterocycles. The quantitative estimate of drug-likeness (QED) is 0.535. The van der Waals surface area contributed by atoms with Gasteiger partial charge in [-0.3, -0.25) is 4.99 Å². The lowest BCUT2D eigenvalue weighted by Crippen LogP contribution is -2.42. The minimum Gasteiger partial charge on any atom is -0.489 e. The fraction of sp³-hybridized carbons (Fsp3) is 0.350. The van der Waals surface area contributed by atoms with Crippen molar-refractivity contribution in [2.24, 2.45) is 4.99 Å². The molecule has 0 radical (unpaired) electrons. The molecule has 0 saturated carbocycles. The predicted octanol–water partition coefficient (Wildman–Crippen LogP) is 2.27. The average Bonchev–Trinajstić information content (AvgIpc) is 2.65. The summed E-state index contributed by atoms with van der Waals surface area (Å²) >= 11 is 0. The van der Waals surface area contributed by atoms with Crippen LogP contribution in [0.25, 0.3) is 0 Å². The number of guanidine groups is 1. The smallest absolute Gasteiger partial charge is 0.191 e. The van der Waals surface area contributed by atoms with Gasteiger partial charge in [-0.25, -0.2) is 8.42 Å². The highest BCUT2D eigenvalue weighted by atomic mass is 32.2. The van der Waals surface area contributed by atoms with Gasteiger partial charge >= 0.3 is 0 Å². The molecule has 2 aromatic carbocycles. The number of hydrogen-bond acceptors (Lipinski definition) is 4. The van der Waals surface area contributed by atoms with E-state index in [2.05, 4.69) is 15.6 Å². The predicted molar refractivity (Wildman–Crippen MR) is 109 cm³/mol. The van der Waals surface area contributed by atoms with E-state index in [1.807, 2.05) is 49.4 Å². The van der Waals surface area contributed by atoms with Crippen molar-refractivity contribution in [2.75, 3.05) is 26.4 Å². The number of nitrogens with zero attached hydrogens (tertiary/aromatic N) is 1. The van der Waals surface area contributed by atoms with Gasteiger partial charge in [-0.15, -0.1) is 0 Å². The first-order valence-electron chi connectivity index (χ1n) is 8.83. The Bertz CT molecular complexity index is 835. The Balaban J connectivity index is 1.74. The highest BCUT2D eigenvalue weighted by Crippen LogP contribution is 2.11. The van der Waals surface area contributed by atoms with Crippen LogP contribution in [0.4, 0.5) is 0 Å². The first kappa shape index (κ1) is 20.8. The van der Waals surface area contributed by atoms with Crippen molar-refractivity contribution in [3.63, 3.8) is 0 Å². The SMILES string of the molecule is CN=C(NCCc1ccc(S(C)(=O)=O)cc1)NCC(C)Oc1ccccc1. The number of nitrogens with one attached hydrogen (secondary N) is 2. The van der Waals surface area contributed by atoms with Gasteiger partial charge in [-0.2, -0.15) is 0 Å². The molecule has 0 amide bonds. The summed E-state index contributed by atoms with van der Waals surface area (Å²) in [4.78, 5) is 4.54. The van der Waals surface area contributed by atoms with Gasteiger partial charge in [-0.1, -0.05) is 30.3 Å². The Morgan fingerprint density at radius 3 is 2.33 bits per heavy atom. The van der Waals surface area contributed by atoms with Crippen LogP contribution in [0.3, 0.4) is 0 Å². The van der Waals surface area contributed by atoms with E-state index in [1.165, 1.54) is 6.26 Å². The van der Waals surface area contributed by atoms with Crippen molar-refractivity contribution in [3.8, 4) is 5.75 Å². The average molecular weight is 390 g/mol. The van der Waals surface area contributed by atoms with E-state index in [0.29, 0.717) is 23.9 Å². The molecule has 7 heteroatoms. The number of ether oxygens (including phenoxy) is 1. The Labute approximate surface area is 161 Å². The molecule has 0 fully saturated rings. The number of hydrogen-bond donors (Lipinski definition) is 2. The zero-order valence-electron chi connectivity index (χ0n) is 16.0. The summed E-state index contributed by atoms with van der Waals surface area (Å²) in [5, 5.41) is 6.49. The van der Waals surface area contributed by atoms with Crippen LogP contribution < -0.4 is 15.4 Å². The molecule has 6 nitrogen and oxygen atoms in total. The van der Waals surface area contributed by atoms with Gasteiger partial charge < -0.3 is 15.4 Å². The molecule has 2 N–H and O–H groups in total. The molecule has 1 atom stereocenters. The lowest BCUT2D eigenvalue weighted by molar-refractivity contribution is 0.224. The van der Waals surface area contributed by atoms with Crippen LogP contribution in [0.1, 0.15) is 12.5 Å². The van der Waals surface area contributed by atoms with E-state index in [0.717, 1.165) is 17.7 Å². The minimum absolute atomic E-state index is 0.00510. The van der Waals surface area contributed by atoms with Gasteiger partial charge in [0.25, 0.3) is 0 Å². The van der Waals surface area contributed by atoms with Crippen LogP contribution in [0, 0.1) is 0 Å². The number of aliphatic imine (C=N–C) groups is 1. The molecule has 27 heavy (non-hydrogen) atoms. The Morgan fingerprint density at radius 1 is 1.07 bits per heavy atom. The molecular weight excluding hydrogens is 362 g/mol. The minimum atomic E-state index is -3.15. The summed E-state index contributed by atoms with van der Waals surface area (Å²) in [5.74, 6) is 1.54. The molecule has 0 saturated heterocycles. The van der Waals surface area contributed by atoms with Crippen LogP contribution in [0.5, 0.6) is 5.75 Å². The molecule has 2 aromatic rings. The van der Waals surface area contributed by atoms with Gasteiger partial charge in [0.1, 0.15) is 11.9 Å². The van der Waals surface area contributed by atoms with E-state index >= 15 is 0 Å². The second kappa shape index (κ2) is 9.97. The van der Waals surface area contributed by atoms with Crippen LogP contribution in [-0.4, -0.2) is 46.9 Å². The van der Waals surface area contributed by atoms with Crippen molar-refractivity contribution in [2.45, 2.75) is 24.3 Å². The summed E-state index contributed by atoms with van der Waals surface area (Å²) in [6.45, 7) is 3.31. The van der Waals surface area contributed by atoms with Crippen molar-refractivity contribution < 1.29 is 13.2 Å². The normalized spacial score (nSPS) is 13.1. The van der Waals surface area contributed by atoms with Gasteiger partial charge in [0.05, 0.1) is 11.4 Å². The molecule has 0 aliphatic heterocycles. The topological polar surface area (TPSA) is 79.8 Å². The summed E-state index contributed by atoms with van der Waals surface area (Å²) in [5.41, 5.74) is 1.06. The van der Waals surface area contributed by atoms with E-state index in [9.17, 15) is 8.42 Å². The highest BCUT2D eigenvalue weighted by molar-refractivity contribution is 7.90. The third kappa shape index (κ3) is 7.30. The largest absolute Gasteiger partial charge is 0.489 e. The standard InChI is InChI=1S/C20H27N3O3S/c1-16(26-18-7-5-4-6-8-18)15-23-20(21-2)22-14-13-17-9-11-19(12-10-17)27(3,24)25/h4-12,16H,13-15H2,1-3H3,(H2,21,22,23). The van der Waals surface area contributed by atoms with Crippen LogP contribution in [0.15, 0.2) is 64.5 Å². The third-order valence-corrected chi connectivity index (χ3v) is 5.05. The maximum atomic E-state index is 11.5. The fourth-order valence-electron chi connectivity index (χ4n) is 2.46. The number of sulfone groups is 1. The maximum Gasteiger partial charge on any atom is 0.191 e. The molecule has 0 bridgehead atoms. The molecule has 1 unspecified atom stereocenters. The molecule has 0 aliphatic rings. The van der Waals surface area contributed by atoms with Crippen molar-refractivity contribution in [3.05, 3.63) is 60.2 Å². The molecule has 0 heterocycles. The van der Waals surface area contributed by atoms with E-state index in [4.69, 9.17) is 4.74 Å². The van der Waals surface area contributed by atoms with E-state index < -0.39 is 9.84 Å². The fourth-order valence-corrected chi connectivity index (χ4v) is 3.09. The van der Waals surface area contributed by atoms with Crippen LogP contribution in [0.2, 0.25) is 0 Å². The van der Waals surface area contributed by atoms with E-state index in [1.54, 1.807) is 19.2 Å². The van der Waals surface area contributed by atoms with Gasteiger partial charge in [0, 0.05) is 19.8 Å². The summed E-state index contributed by atoms with van der Waals surface area (Å²) < 4.78 is 28.8. The zero-order chi connectivity index (χ0) is 19.7. The second-order valence-electron chi connectivity index (χ2n) is 6.29. The Morgan fingerprint density at radius 2 is 1.74 bits per heavy atom. The molecule has 2 rings (SSSR count). The monoisotopic (exact) mass is 389 g/mol. The summed E-state index contributed by atoms with van der Waals surface area (Å²) in [6, 6.07) is 16.7. The first-order chi connectivity index (χ1) is 12.9. The lowest BCUT2D eigenvalue weighted by atomic mass is 10.1. The second-order valence-corrected chi connectivity index (χ2v) is 8.30. The molecule has 0 spiro atoms. The van der Waals surface area contributed by atoms with Gasteiger partial charge in [0.15, 0.2) is 15.8 Å². The Kier molecular flexibility index (Phi) is 7.67. The molecular formula is C20H27N3O3S. The van der Waals surface area contributed by atoms with Gasteiger partial charge in [0.2, 0.25) is 0 Å². The van der Waals surface area contributed by atoms with Crippen molar-refractivity contribution in [1.29, 1.82) is 0 Å². The maximum absolute atomic E-state index is 11.5. The lowest BCUT2D eigenvalue weighted by Gasteiger charge is -2.17. The third-order valence-electron chi connectivity index (χ3n) is 3.92. The van der Waals surface area contributed by atoms with Crippen LogP contribution in [-0.2, 0) is 16.3 Å². The first-order valence-corrected chi connectivity index (χ1v) is 10.7. The number of para-hydroxylation sites is 1. The number of rotatable bonds is 8. The molecule has 146 valence electrons. The Hall–Kier alpha value is -2.54. The van der Waals surface area contributed by atoms with Crippen molar-refractivity contribution in [1.82, 2.24) is 10.6 Å². The number of benzene rings is 2.